The summed E-state index contributed by atoms with van der Waals surface area (Å²) >= 11 is 5.01. The molecule has 0 aromatic heterocycles. The summed E-state index contributed by atoms with van der Waals surface area (Å²) in [7, 11) is 0. The molecule has 0 aromatic carbocycles. The van der Waals surface area contributed by atoms with E-state index in [1.165, 1.54) is 38.5 Å². The van der Waals surface area contributed by atoms with Gasteiger partial charge in [0.1, 0.15) is 0 Å². The predicted octanol–water partition coefficient (Wildman–Crippen LogP) is 2.77. The van der Waals surface area contributed by atoms with Crippen molar-refractivity contribution in [2.45, 2.75) is 64.3 Å². The van der Waals surface area contributed by atoms with E-state index in [-0.39, 0.29) is 11.9 Å². The van der Waals surface area contributed by atoms with Crippen molar-refractivity contribution in [1.82, 2.24) is 5.32 Å². The van der Waals surface area contributed by atoms with Crippen LogP contribution in [-0.4, -0.2) is 16.9 Å². The molecule has 4 bridgehead atoms. The van der Waals surface area contributed by atoms with Gasteiger partial charge in [-0.05, 0) is 68.1 Å². The van der Waals surface area contributed by atoms with Crippen molar-refractivity contribution in [3.63, 3.8) is 0 Å². The number of rotatable bonds is 5. The maximum Gasteiger partial charge on any atom is 0.221 e. The first kappa shape index (κ1) is 14.3. The van der Waals surface area contributed by atoms with Gasteiger partial charge in [-0.3, -0.25) is 4.79 Å². The van der Waals surface area contributed by atoms with E-state index in [9.17, 15) is 4.79 Å². The number of carbonyl (C=O) groups is 1. The van der Waals surface area contributed by atoms with Gasteiger partial charge in [0, 0.05) is 6.42 Å². The molecule has 1 atom stereocenters. The Morgan fingerprint density at radius 1 is 1.25 bits per heavy atom. The lowest BCUT2D eigenvalue weighted by atomic mass is 9.49. The van der Waals surface area contributed by atoms with Crippen LogP contribution in [0.2, 0.25) is 0 Å². The van der Waals surface area contributed by atoms with Crippen LogP contribution in [0, 0.1) is 23.2 Å². The molecule has 0 aromatic rings. The molecule has 112 valence electrons. The molecule has 3 nitrogen and oxygen atoms in total. The topological polar surface area (TPSA) is 55.1 Å². The van der Waals surface area contributed by atoms with Gasteiger partial charge in [0.15, 0.2) is 0 Å². The van der Waals surface area contributed by atoms with Crippen molar-refractivity contribution in [3.05, 3.63) is 0 Å². The number of carbonyl (C=O) groups excluding carboxylic acids is 1. The Morgan fingerprint density at radius 3 is 2.15 bits per heavy atom. The van der Waals surface area contributed by atoms with Crippen LogP contribution in [0.15, 0.2) is 0 Å². The van der Waals surface area contributed by atoms with E-state index in [0.29, 0.717) is 16.8 Å². The summed E-state index contributed by atoms with van der Waals surface area (Å²) in [6, 6.07) is -0.133. The van der Waals surface area contributed by atoms with E-state index in [4.69, 9.17) is 18.0 Å². The number of thiocarbonyl (C=S) groups is 1. The first-order chi connectivity index (χ1) is 9.49. The quantitative estimate of drug-likeness (QED) is 0.767. The van der Waals surface area contributed by atoms with Crippen LogP contribution in [0.5, 0.6) is 0 Å². The van der Waals surface area contributed by atoms with Gasteiger partial charge in [0.25, 0.3) is 0 Å². The Kier molecular flexibility index (Phi) is 3.78. The molecule has 0 heterocycles. The van der Waals surface area contributed by atoms with Crippen LogP contribution in [0.3, 0.4) is 0 Å². The molecule has 4 fully saturated rings. The van der Waals surface area contributed by atoms with Crippen molar-refractivity contribution in [3.8, 4) is 0 Å². The lowest BCUT2D eigenvalue weighted by Gasteiger charge is -2.56. The number of amides is 1. The second-order valence-corrected chi connectivity index (χ2v) is 8.00. The second kappa shape index (κ2) is 5.28. The predicted molar refractivity (Wildman–Crippen MR) is 84.2 cm³/mol. The minimum Gasteiger partial charge on any atom is -0.392 e. The highest BCUT2D eigenvalue weighted by molar-refractivity contribution is 7.80. The Morgan fingerprint density at radius 2 is 1.75 bits per heavy atom. The summed E-state index contributed by atoms with van der Waals surface area (Å²) in [6.07, 6.45) is 9.56. The number of nitrogens with one attached hydrogen (secondary N) is 1. The maximum atomic E-state index is 12.4. The highest BCUT2D eigenvalue weighted by atomic mass is 32.1. The third-order valence-electron chi connectivity index (χ3n) is 5.79. The Labute approximate surface area is 127 Å². The van der Waals surface area contributed by atoms with E-state index in [1.54, 1.807) is 0 Å². The standard InChI is InChI=1S/C16H26N2OS/c1-2-13(15(17)20)18-14(19)9-16-6-10-3-11(7-16)5-12(4-10)8-16/h10-13H,2-9H2,1H3,(H2,17,20)(H,18,19). The van der Waals surface area contributed by atoms with Crippen molar-refractivity contribution in [1.29, 1.82) is 0 Å². The second-order valence-electron chi connectivity index (χ2n) is 7.53. The van der Waals surface area contributed by atoms with Crippen LogP contribution in [-0.2, 0) is 4.79 Å². The summed E-state index contributed by atoms with van der Waals surface area (Å²) in [5, 5.41) is 3.04. The molecule has 4 saturated carbocycles. The smallest absolute Gasteiger partial charge is 0.221 e. The molecule has 4 aliphatic rings. The van der Waals surface area contributed by atoms with E-state index >= 15 is 0 Å². The average Bonchev–Trinajstić information content (AvgIpc) is 2.33. The summed E-state index contributed by atoms with van der Waals surface area (Å²) in [4.78, 5) is 12.8. The van der Waals surface area contributed by atoms with Gasteiger partial charge in [0.05, 0.1) is 11.0 Å². The van der Waals surface area contributed by atoms with Crippen LogP contribution in [0.1, 0.15) is 58.3 Å². The molecule has 0 aliphatic heterocycles. The van der Waals surface area contributed by atoms with Crippen LogP contribution < -0.4 is 11.1 Å². The van der Waals surface area contributed by atoms with Gasteiger partial charge < -0.3 is 11.1 Å². The van der Waals surface area contributed by atoms with Gasteiger partial charge in [-0.15, -0.1) is 0 Å². The normalized spacial score (nSPS) is 39.5. The molecule has 4 heteroatoms. The SMILES string of the molecule is CCC(NC(=O)CC12CC3CC(CC(C3)C1)C2)C(N)=S. The first-order valence-electron chi connectivity index (χ1n) is 8.08. The highest BCUT2D eigenvalue weighted by Crippen LogP contribution is 2.61. The fraction of sp³-hybridized carbons (Fsp3) is 0.875. The largest absolute Gasteiger partial charge is 0.392 e. The van der Waals surface area contributed by atoms with Gasteiger partial charge in [-0.1, -0.05) is 19.1 Å². The maximum absolute atomic E-state index is 12.4. The van der Waals surface area contributed by atoms with Gasteiger partial charge in [-0.25, -0.2) is 0 Å². The minimum atomic E-state index is -0.133. The summed E-state index contributed by atoms with van der Waals surface area (Å²) in [6.45, 7) is 2.01. The van der Waals surface area contributed by atoms with Gasteiger partial charge >= 0.3 is 0 Å². The molecule has 0 saturated heterocycles. The Balaban J connectivity index is 1.62. The zero-order valence-corrected chi connectivity index (χ0v) is 13.2. The molecular formula is C16H26N2OS. The molecule has 1 unspecified atom stereocenters. The molecule has 3 N–H and O–H groups in total. The van der Waals surface area contributed by atoms with Gasteiger partial charge in [-0.2, -0.15) is 0 Å². The molecule has 0 radical (unpaired) electrons. The monoisotopic (exact) mass is 294 g/mol. The highest BCUT2D eigenvalue weighted by Gasteiger charge is 2.51. The molecule has 20 heavy (non-hydrogen) atoms. The summed E-state index contributed by atoms with van der Waals surface area (Å²) in [5.74, 6) is 2.84. The average molecular weight is 294 g/mol. The fourth-order valence-corrected chi connectivity index (χ4v) is 5.69. The Bertz CT molecular complexity index is 385. The first-order valence-corrected chi connectivity index (χ1v) is 8.49. The van der Waals surface area contributed by atoms with Crippen LogP contribution >= 0.6 is 12.2 Å². The van der Waals surface area contributed by atoms with E-state index < -0.39 is 0 Å². The zero-order valence-electron chi connectivity index (χ0n) is 12.4. The van der Waals surface area contributed by atoms with Crippen molar-refractivity contribution in [2.75, 3.05) is 0 Å². The number of nitrogens with two attached hydrogens (primary N) is 1. The molecular weight excluding hydrogens is 268 g/mol. The fourth-order valence-electron chi connectivity index (χ4n) is 5.47. The molecule has 1 amide bonds. The molecule has 4 aliphatic carbocycles. The lowest BCUT2D eigenvalue weighted by Crippen LogP contribution is -2.50. The van der Waals surface area contributed by atoms with E-state index in [2.05, 4.69) is 5.32 Å². The summed E-state index contributed by atoms with van der Waals surface area (Å²) in [5.41, 5.74) is 5.97. The summed E-state index contributed by atoms with van der Waals surface area (Å²) < 4.78 is 0. The van der Waals surface area contributed by atoms with E-state index in [1.807, 2.05) is 6.92 Å². The third kappa shape index (κ3) is 2.72. The zero-order chi connectivity index (χ0) is 14.3. The van der Waals surface area contributed by atoms with Gasteiger partial charge in [0.2, 0.25) is 5.91 Å². The molecule has 0 spiro atoms. The van der Waals surface area contributed by atoms with Crippen molar-refractivity contribution >= 4 is 23.1 Å². The number of hydrogen-bond acceptors (Lipinski definition) is 2. The minimum absolute atomic E-state index is 0.133. The van der Waals surface area contributed by atoms with Crippen molar-refractivity contribution in [2.24, 2.45) is 28.9 Å². The van der Waals surface area contributed by atoms with E-state index in [0.717, 1.165) is 24.2 Å². The van der Waals surface area contributed by atoms with Crippen LogP contribution in [0.25, 0.3) is 0 Å². The van der Waals surface area contributed by atoms with Crippen molar-refractivity contribution < 1.29 is 4.79 Å². The Hall–Kier alpha value is -0.640. The molecule has 4 rings (SSSR count). The van der Waals surface area contributed by atoms with Crippen LogP contribution in [0.4, 0.5) is 0 Å². The third-order valence-corrected chi connectivity index (χ3v) is 6.07. The number of hydrogen-bond donors (Lipinski definition) is 2. The lowest BCUT2D eigenvalue weighted by molar-refractivity contribution is -0.129.